The lowest BCUT2D eigenvalue weighted by Gasteiger charge is -2.34. The molecule has 1 saturated carbocycles. The highest BCUT2D eigenvalue weighted by Gasteiger charge is 2.31. The minimum Gasteiger partial charge on any atom is -0.378 e. The first-order valence-electron chi connectivity index (χ1n) is 7.37. The van der Waals surface area contributed by atoms with Crippen molar-refractivity contribution in [2.45, 2.75) is 32.3 Å². The van der Waals surface area contributed by atoms with Crippen LogP contribution >= 0.6 is 0 Å². The molecule has 1 aromatic carbocycles. The van der Waals surface area contributed by atoms with Gasteiger partial charge in [-0.25, -0.2) is 0 Å². The Kier molecular flexibility index (Phi) is 3.76. The number of rotatable bonds is 5. The molecule has 21 heavy (non-hydrogen) atoms. The predicted molar refractivity (Wildman–Crippen MR) is 80.1 cm³/mol. The van der Waals surface area contributed by atoms with Crippen molar-refractivity contribution in [1.82, 2.24) is 4.98 Å². The summed E-state index contributed by atoms with van der Waals surface area (Å²) < 4.78 is 5.53. The molecule has 0 bridgehead atoms. The molecule has 1 aliphatic rings. The Labute approximate surface area is 123 Å². The summed E-state index contributed by atoms with van der Waals surface area (Å²) in [6.45, 7) is 2.74. The molecule has 3 rings (SSSR count). The number of aromatic nitrogens is 1. The Hall–Kier alpha value is -2.12. The second-order valence-corrected chi connectivity index (χ2v) is 5.62. The van der Waals surface area contributed by atoms with Crippen molar-refractivity contribution in [3.63, 3.8) is 0 Å². The zero-order valence-corrected chi connectivity index (χ0v) is 12.1. The number of benzene rings is 1. The van der Waals surface area contributed by atoms with Gasteiger partial charge < -0.3 is 9.72 Å². The van der Waals surface area contributed by atoms with E-state index in [0.29, 0.717) is 29.6 Å². The van der Waals surface area contributed by atoms with Crippen LogP contribution in [0.4, 0.5) is 0 Å². The predicted octanol–water partition coefficient (Wildman–Crippen LogP) is 3.43. The number of ether oxygens (including phenoxy) is 1. The smallest absolute Gasteiger partial charge is 0.165 e. The molecule has 108 valence electrons. The molecule has 0 radical (unpaired) electrons. The maximum atomic E-state index is 12.4. The van der Waals surface area contributed by atoms with E-state index in [0.717, 1.165) is 30.4 Å². The van der Waals surface area contributed by atoms with Gasteiger partial charge in [-0.1, -0.05) is 0 Å². The van der Waals surface area contributed by atoms with Crippen LogP contribution in [0.1, 0.15) is 42.1 Å². The van der Waals surface area contributed by atoms with Gasteiger partial charge in [0.15, 0.2) is 5.78 Å². The van der Waals surface area contributed by atoms with Crippen LogP contribution in [-0.4, -0.2) is 23.5 Å². The number of aromatic amines is 1. The first kappa shape index (κ1) is 13.8. The minimum atomic E-state index is 0.149. The van der Waals surface area contributed by atoms with Crippen LogP contribution in [0.5, 0.6) is 0 Å². The molecular weight excluding hydrogens is 264 g/mol. The molecule has 0 saturated heterocycles. The fraction of sp³-hybridized carbons (Fsp3) is 0.412. The Bertz CT molecular complexity index is 705. The summed E-state index contributed by atoms with van der Waals surface area (Å²) in [4.78, 5) is 15.5. The van der Waals surface area contributed by atoms with Crippen molar-refractivity contribution in [2.24, 2.45) is 5.92 Å². The van der Waals surface area contributed by atoms with Gasteiger partial charge in [-0.2, -0.15) is 5.26 Å². The number of carbonyl (C=O) groups excluding carboxylic acids is 1. The highest BCUT2D eigenvalue weighted by molar-refractivity contribution is 6.08. The average Bonchev–Trinajstić information content (AvgIpc) is 2.87. The lowest BCUT2D eigenvalue weighted by atomic mass is 9.78. The van der Waals surface area contributed by atoms with Gasteiger partial charge in [0.1, 0.15) is 0 Å². The SMILES string of the molecule is CCOC1CC(CC(=O)c2c[nH]c3ccc(C#N)cc23)C1. The fourth-order valence-electron chi connectivity index (χ4n) is 3.01. The number of nitrogens with one attached hydrogen (secondary N) is 1. The van der Waals surface area contributed by atoms with Crippen molar-refractivity contribution in [1.29, 1.82) is 5.26 Å². The van der Waals surface area contributed by atoms with E-state index in [1.54, 1.807) is 18.3 Å². The quantitative estimate of drug-likeness (QED) is 0.854. The van der Waals surface area contributed by atoms with Crippen LogP contribution in [0.25, 0.3) is 10.9 Å². The lowest BCUT2D eigenvalue weighted by Crippen LogP contribution is -2.32. The second kappa shape index (κ2) is 5.71. The van der Waals surface area contributed by atoms with Gasteiger partial charge in [0.25, 0.3) is 0 Å². The molecule has 4 heteroatoms. The summed E-state index contributed by atoms with van der Waals surface area (Å²) in [5.41, 5.74) is 2.18. The van der Waals surface area contributed by atoms with E-state index in [1.165, 1.54) is 0 Å². The number of carbonyl (C=O) groups is 1. The Morgan fingerprint density at radius 2 is 2.29 bits per heavy atom. The van der Waals surface area contributed by atoms with Gasteiger partial charge in [0.2, 0.25) is 0 Å². The van der Waals surface area contributed by atoms with Gasteiger partial charge in [-0.05, 0) is 43.9 Å². The Balaban J connectivity index is 1.72. The van der Waals surface area contributed by atoms with Gasteiger partial charge in [-0.15, -0.1) is 0 Å². The average molecular weight is 282 g/mol. The third-order valence-electron chi connectivity index (χ3n) is 4.18. The number of Topliss-reactive ketones (excluding diaryl/α,β-unsaturated/α-hetero) is 1. The summed E-state index contributed by atoms with van der Waals surface area (Å²) in [5, 5.41) is 9.82. The van der Waals surface area contributed by atoms with E-state index in [2.05, 4.69) is 11.1 Å². The molecule has 0 spiro atoms. The van der Waals surface area contributed by atoms with E-state index in [4.69, 9.17) is 10.00 Å². The Morgan fingerprint density at radius 3 is 3.00 bits per heavy atom. The summed E-state index contributed by atoms with van der Waals surface area (Å²) >= 11 is 0. The maximum absolute atomic E-state index is 12.4. The van der Waals surface area contributed by atoms with E-state index in [9.17, 15) is 4.79 Å². The molecule has 0 atom stereocenters. The molecule has 1 aliphatic carbocycles. The standard InChI is InChI=1S/C17H18N2O2/c1-2-21-13-5-12(6-13)8-17(20)15-10-19-16-4-3-11(9-18)7-14(15)16/h3-4,7,10,12-13,19H,2,5-6,8H2,1H3. The summed E-state index contributed by atoms with van der Waals surface area (Å²) in [6.07, 6.45) is 4.61. The highest BCUT2D eigenvalue weighted by atomic mass is 16.5. The van der Waals surface area contributed by atoms with Crippen molar-refractivity contribution >= 4 is 16.7 Å². The van der Waals surface area contributed by atoms with Crippen LogP contribution in [0.3, 0.4) is 0 Å². The lowest BCUT2D eigenvalue weighted by molar-refractivity contribution is -0.0245. The third kappa shape index (κ3) is 2.70. The zero-order chi connectivity index (χ0) is 14.8. The number of fused-ring (bicyclic) bond motifs is 1. The summed E-state index contributed by atoms with van der Waals surface area (Å²) in [6, 6.07) is 7.50. The molecule has 2 aromatic rings. The van der Waals surface area contributed by atoms with Gasteiger partial charge >= 0.3 is 0 Å². The van der Waals surface area contributed by atoms with E-state index < -0.39 is 0 Å². The van der Waals surface area contributed by atoms with Crippen molar-refractivity contribution in [3.05, 3.63) is 35.5 Å². The van der Waals surface area contributed by atoms with Crippen LogP contribution < -0.4 is 0 Å². The molecule has 0 aliphatic heterocycles. The largest absolute Gasteiger partial charge is 0.378 e. The number of nitriles is 1. The van der Waals surface area contributed by atoms with Crippen LogP contribution in [0.2, 0.25) is 0 Å². The van der Waals surface area contributed by atoms with Crippen molar-refractivity contribution in [2.75, 3.05) is 6.61 Å². The van der Waals surface area contributed by atoms with E-state index in [1.807, 2.05) is 13.0 Å². The second-order valence-electron chi connectivity index (χ2n) is 5.62. The molecule has 1 aromatic heterocycles. The Morgan fingerprint density at radius 1 is 1.48 bits per heavy atom. The first-order chi connectivity index (χ1) is 10.2. The summed E-state index contributed by atoms with van der Waals surface area (Å²) in [5.74, 6) is 0.578. The van der Waals surface area contributed by atoms with Gasteiger partial charge in [0, 0.05) is 35.7 Å². The molecule has 1 N–H and O–H groups in total. The van der Waals surface area contributed by atoms with Crippen LogP contribution in [0, 0.1) is 17.2 Å². The van der Waals surface area contributed by atoms with Crippen molar-refractivity contribution < 1.29 is 9.53 Å². The summed E-state index contributed by atoms with van der Waals surface area (Å²) in [7, 11) is 0. The number of hydrogen-bond acceptors (Lipinski definition) is 3. The fourth-order valence-corrected chi connectivity index (χ4v) is 3.01. The first-order valence-corrected chi connectivity index (χ1v) is 7.37. The number of H-pyrrole nitrogens is 1. The van der Waals surface area contributed by atoms with Gasteiger partial charge in [-0.3, -0.25) is 4.79 Å². The zero-order valence-electron chi connectivity index (χ0n) is 12.1. The highest BCUT2D eigenvalue weighted by Crippen LogP contribution is 2.34. The number of ketones is 1. The van der Waals surface area contributed by atoms with Crippen LogP contribution in [0.15, 0.2) is 24.4 Å². The molecule has 4 nitrogen and oxygen atoms in total. The van der Waals surface area contributed by atoms with Crippen molar-refractivity contribution in [3.8, 4) is 6.07 Å². The van der Waals surface area contributed by atoms with Gasteiger partial charge in [0.05, 0.1) is 17.7 Å². The topological polar surface area (TPSA) is 65.9 Å². The molecule has 1 heterocycles. The third-order valence-corrected chi connectivity index (χ3v) is 4.18. The molecule has 0 unspecified atom stereocenters. The number of nitrogens with zero attached hydrogens (tertiary/aromatic N) is 1. The number of hydrogen-bond donors (Lipinski definition) is 1. The molecule has 1 fully saturated rings. The molecule has 0 amide bonds. The van der Waals surface area contributed by atoms with E-state index in [-0.39, 0.29) is 5.78 Å². The van der Waals surface area contributed by atoms with Crippen LogP contribution in [-0.2, 0) is 4.74 Å². The minimum absolute atomic E-state index is 0.149. The molecular formula is C17H18N2O2. The normalized spacial score (nSPS) is 21.0. The monoisotopic (exact) mass is 282 g/mol. The van der Waals surface area contributed by atoms with E-state index >= 15 is 0 Å². The maximum Gasteiger partial charge on any atom is 0.165 e.